The highest BCUT2D eigenvalue weighted by Crippen LogP contribution is 2.15. The number of carbonyl (C=O) groups is 2. The first kappa shape index (κ1) is 16.2. The van der Waals surface area contributed by atoms with E-state index in [-0.39, 0.29) is 23.7 Å². The van der Waals surface area contributed by atoms with Crippen LogP contribution in [0.1, 0.15) is 27.7 Å². The molecule has 1 rings (SSSR count). The van der Waals surface area contributed by atoms with Crippen LogP contribution >= 0.6 is 0 Å². The minimum atomic E-state index is -0.532. The lowest BCUT2D eigenvalue weighted by Gasteiger charge is -2.15. The van der Waals surface area contributed by atoms with Crippen molar-refractivity contribution in [1.82, 2.24) is 0 Å². The van der Waals surface area contributed by atoms with Crippen molar-refractivity contribution in [3.63, 3.8) is 0 Å². The van der Waals surface area contributed by atoms with Gasteiger partial charge >= 0.3 is 0 Å². The Morgan fingerprint density at radius 2 is 1.30 bits per heavy atom. The van der Waals surface area contributed by atoms with Crippen LogP contribution < -0.4 is 16.4 Å². The molecule has 0 saturated carbocycles. The van der Waals surface area contributed by atoms with Crippen molar-refractivity contribution in [2.45, 2.75) is 33.7 Å². The van der Waals surface area contributed by atoms with Crippen molar-refractivity contribution in [2.75, 3.05) is 10.6 Å². The maximum atomic E-state index is 11.8. The largest absolute Gasteiger partial charge is 0.326 e. The van der Waals surface area contributed by atoms with Gasteiger partial charge in [0.15, 0.2) is 0 Å². The van der Waals surface area contributed by atoms with E-state index in [9.17, 15) is 9.59 Å². The van der Waals surface area contributed by atoms with Crippen LogP contribution in [0.25, 0.3) is 0 Å². The highest BCUT2D eigenvalue weighted by atomic mass is 16.2. The first-order chi connectivity index (χ1) is 9.31. The molecule has 1 aromatic rings. The van der Waals surface area contributed by atoms with Crippen LogP contribution in [0.2, 0.25) is 0 Å². The van der Waals surface area contributed by atoms with Gasteiger partial charge < -0.3 is 16.4 Å². The predicted molar refractivity (Wildman–Crippen MR) is 81.4 cm³/mol. The van der Waals surface area contributed by atoms with Gasteiger partial charge in [0, 0.05) is 17.3 Å². The Bertz CT molecular complexity index is 467. The molecule has 0 aliphatic carbocycles. The molecule has 1 aromatic carbocycles. The van der Waals surface area contributed by atoms with Gasteiger partial charge in [-0.25, -0.2) is 0 Å². The Morgan fingerprint density at radius 1 is 0.900 bits per heavy atom. The molecule has 0 aliphatic rings. The molecular formula is C15H23N3O2. The molecule has 0 aromatic heterocycles. The number of carbonyl (C=O) groups excluding carboxylic acids is 2. The summed E-state index contributed by atoms with van der Waals surface area (Å²) in [6.07, 6.45) is 0. The number of rotatable bonds is 5. The Kier molecular flexibility index (Phi) is 5.70. The summed E-state index contributed by atoms with van der Waals surface area (Å²) in [5.74, 6) is -0.236. The van der Waals surface area contributed by atoms with Crippen molar-refractivity contribution in [2.24, 2.45) is 17.6 Å². The van der Waals surface area contributed by atoms with Crippen molar-refractivity contribution >= 4 is 23.2 Å². The van der Waals surface area contributed by atoms with Crippen molar-refractivity contribution in [1.29, 1.82) is 0 Å². The molecule has 5 heteroatoms. The van der Waals surface area contributed by atoms with Gasteiger partial charge in [-0.1, -0.05) is 27.7 Å². The van der Waals surface area contributed by atoms with Gasteiger partial charge in [0.25, 0.3) is 0 Å². The van der Waals surface area contributed by atoms with Crippen LogP contribution in [0.3, 0.4) is 0 Å². The van der Waals surface area contributed by atoms with E-state index in [1.807, 2.05) is 27.7 Å². The van der Waals surface area contributed by atoms with Gasteiger partial charge in [0.1, 0.15) is 0 Å². The third-order valence-electron chi connectivity index (χ3n) is 2.97. The summed E-state index contributed by atoms with van der Waals surface area (Å²) >= 11 is 0. The number of nitrogens with two attached hydrogens (primary N) is 1. The molecule has 0 unspecified atom stereocenters. The maximum absolute atomic E-state index is 11.8. The third kappa shape index (κ3) is 4.66. The van der Waals surface area contributed by atoms with Crippen LogP contribution in [0.15, 0.2) is 24.3 Å². The average Bonchev–Trinajstić information content (AvgIpc) is 2.39. The fourth-order valence-corrected chi connectivity index (χ4v) is 1.45. The fraction of sp³-hybridized carbons (Fsp3) is 0.467. The van der Waals surface area contributed by atoms with Gasteiger partial charge in [-0.05, 0) is 30.2 Å². The van der Waals surface area contributed by atoms with E-state index < -0.39 is 6.04 Å². The van der Waals surface area contributed by atoms with Gasteiger partial charge in [-0.15, -0.1) is 0 Å². The van der Waals surface area contributed by atoms with E-state index in [4.69, 9.17) is 5.73 Å². The number of hydrogen-bond donors (Lipinski definition) is 3. The van der Waals surface area contributed by atoms with E-state index in [0.29, 0.717) is 11.4 Å². The Balaban J connectivity index is 2.63. The molecule has 0 aliphatic heterocycles. The Morgan fingerprint density at radius 3 is 1.65 bits per heavy atom. The van der Waals surface area contributed by atoms with E-state index in [2.05, 4.69) is 10.6 Å². The summed E-state index contributed by atoms with van der Waals surface area (Å²) in [7, 11) is 0. The smallest absolute Gasteiger partial charge is 0.241 e. The van der Waals surface area contributed by atoms with Crippen LogP contribution in [0.4, 0.5) is 11.4 Å². The van der Waals surface area contributed by atoms with Crippen LogP contribution in [-0.2, 0) is 9.59 Å². The Labute approximate surface area is 119 Å². The molecule has 110 valence electrons. The second-order valence-corrected chi connectivity index (χ2v) is 5.48. The predicted octanol–water partition coefficient (Wildman–Crippen LogP) is 2.20. The second-order valence-electron chi connectivity index (χ2n) is 5.48. The molecule has 0 bridgehead atoms. The number of benzene rings is 1. The van der Waals surface area contributed by atoms with E-state index in [1.54, 1.807) is 24.3 Å². The summed E-state index contributed by atoms with van der Waals surface area (Å²) < 4.78 is 0. The molecule has 5 nitrogen and oxygen atoms in total. The van der Waals surface area contributed by atoms with Gasteiger partial charge in [0.2, 0.25) is 11.8 Å². The summed E-state index contributed by atoms with van der Waals surface area (Å²) in [6.45, 7) is 7.46. The first-order valence-electron chi connectivity index (χ1n) is 6.78. The Hall–Kier alpha value is -1.88. The van der Waals surface area contributed by atoms with Crippen molar-refractivity contribution < 1.29 is 9.59 Å². The lowest BCUT2D eigenvalue weighted by molar-refractivity contribution is -0.119. The number of nitrogens with one attached hydrogen (secondary N) is 2. The quantitative estimate of drug-likeness (QED) is 0.771. The lowest BCUT2D eigenvalue weighted by atomic mass is 10.0. The highest BCUT2D eigenvalue weighted by molar-refractivity contribution is 5.95. The zero-order valence-corrected chi connectivity index (χ0v) is 12.4. The number of anilines is 2. The molecule has 2 amide bonds. The zero-order valence-electron chi connectivity index (χ0n) is 12.4. The molecule has 20 heavy (non-hydrogen) atoms. The molecule has 0 fully saturated rings. The molecule has 0 saturated heterocycles. The molecule has 0 radical (unpaired) electrons. The summed E-state index contributed by atoms with van der Waals surface area (Å²) in [5.41, 5.74) is 7.13. The maximum Gasteiger partial charge on any atom is 0.241 e. The normalized spacial score (nSPS) is 12.3. The number of amides is 2. The van der Waals surface area contributed by atoms with Crippen LogP contribution in [0.5, 0.6) is 0 Å². The molecule has 4 N–H and O–H groups in total. The summed E-state index contributed by atoms with van der Waals surface area (Å²) in [5, 5.41) is 5.54. The minimum Gasteiger partial charge on any atom is -0.326 e. The summed E-state index contributed by atoms with van der Waals surface area (Å²) in [6, 6.07) is 6.44. The lowest BCUT2D eigenvalue weighted by Crippen LogP contribution is -2.39. The average molecular weight is 277 g/mol. The minimum absolute atomic E-state index is 0.0383. The van der Waals surface area contributed by atoms with Crippen molar-refractivity contribution in [3.8, 4) is 0 Å². The SMILES string of the molecule is CC(C)C(=O)Nc1ccc(NC(=O)[C@H](N)C(C)C)cc1. The van der Waals surface area contributed by atoms with Gasteiger partial charge in [0.05, 0.1) is 6.04 Å². The molecule has 0 heterocycles. The monoisotopic (exact) mass is 277 g/mol. The molecule has 1 atom stereocenters. The first-order valence-corrected chi connectivity index (χ1v) is 6.78. The highest BCUT2D eigenvalue weighted by Gasteiger charge is 2.17. The molecular weight excluding hydrogens is 254 g/mol. The fourth-order valence-electron chi connectivity index (χ4n) is 1.45. The van der Waals surface area contributed by atoms with E-state index in [0.717, 1.165) is 0 Å². The standard InChI is InChI=1S/C15H23N3O2/c1-9(2)13(16)15(20)18-12-7-5-11(6-8-12)17-14(19)10(3)4/h5-10,13H,16H2,1-4H3,(H,17,19)(H,18,20)/t13-/m1/s1. The molecule has 0 spiro atoms. The van der Waals surface area contributed by atoms with Crippen molar-refractivity contribution in [3.05, 3.63) is 24.3 Å². The number of hydrogen-bond acceptors (Lipinski definition) is 3. The van der Waals surface area contributed by atoms with Gasteiger partial charge in [-0.2, -0.15) is 0 Å². The van der Waals surface area contributed by atoms with Crippen LogP contribution in [-0.4, -0.2) is 17.9 Å². The van der Waals surface area contributed by atoms with E-state index >= 15 is 0 Å². The van der Waals surface area contributed by atoms with E-state index in [1.165, 1.54) is 0 Å². The topological polar surface area (TPSA) is 84.2 Å². The van der Waals surface area contributed by atoms with Gasteiger partial charge in [-0.3, -0.25) is 9.59 Å². The van der Waals surface area contributed by atoms with Crippen LogP contribution in [0, 0.1) is 11.8 Å². The third-order valence-corrected chi connectivity index (χ3v) is 2.97. The second kappa shape index (κ2) is 7.05. The zero-order chi connectivity index (χ0) is 15.3. The summed E-state index contributed by atoms with van der Waals surface area (Å²) in [4.78, 5) is 23.3.